The number of nitrogens with zero attached hydrogens (tertiary/aromatic N) is 2. The predicted octanol–water partition coefficient (Wildman–Crippen LogP) is 3.66. The minimum absolute atomic E-state index is 0.0687. The highest BCUT2D eigenvalue weighted by Crippen LogP contribution is 2.32. The Morgan fingerprint density at radius 1 is 1.07 bits per heavy atom. The van der Waals surface area contributed by atoms with Crippen LogP contribution in [0.4, 0.5) is 6.01 Å². The number of carbonyl (C=O) groups is 1. The van der Waals surface area contributed by atoms with Crippen LogP contribution in [0.15, 0.2) is 46.9 Å². The number of aryl methyl sites for hydroxylation is 2. The van der Waals surface area contributed by atoms with Crippen molar-refractivity contribution in [3.63, 3.8) is 0 Å². The van der Waals surface area contributed by atoms with Crippen LogP contribution in [0.1, 0.15) is 28.1 Å². The average Bonchev–Trinajstić information content (AvgIpc) is 3.32. The van der Waals surface area contributed by atoms with E-state index in [1.165, 1.54) is 17.2 Å². The molecular formula is C21H19N3O4. The average molecular weight is 377 g/mol. The van der Waals surface area contributed by atoms with Crippen molar-refractivity contribution >= 4 is 18.0 Å². The third-order valence-corrected chi connectivity index (χ3v) is 4.45. The summed E-state index contributed by atoms with van der Waals surface area (Å²) >= 11 is 0. The number of hydrogen-bond acceptors (Lipinski definition) is 6. The molecule has 142 valence electrons. The summed E-state index contributed by atoms with van der Waals surface area (Å²) in [5, 5.41) is 10.4. The van der Waals surface area contributed by atoms with Gasteiger partial charge in [0.15, 0.2) is 11.5 Å². The van der Waals surface area contributed by atoms with E-state index in [0.29, 0.717) is 23.8 Å². The van der Waals surface area contributed by atoms with Crippen LogP contribution < -0.4 is 14.8 Å². The van der Waals surface area contributed by atoms with Gasteiger partial charge in [0.25, 0.3) is 5.91 Å². The van der Waals surface area contributed by atoms with Crippen molar-refractivity contribution in [3.8, 4) is 11.5 Å². The molecule has 7 heteroatoms. The fourth-order valence-corrected chi connectivity index (χ4v) is 2.80. The number of aromatic nitrogens is 2. The van der Waals surface area contributed by atoms with E-state index in [1.54, 1.807) is 18.2 Å². The molecule has 3 aromatic rings. The molecule has 0 atom stereocenters. The Labute approximate surface area is 162 Å². The smallest absolute Gasteiger partial charge is 0.322 e. The Hall–Kier alpha value is -3.61. The zero-order valence-electron chi connectivity index (χ0n) is 15.6. The predicted molar refractivity (Wildman–Crippen MR) is 103 cm³/mol. The second kappa shape index (κ2) is 7.56. The van der Waals surface area contributed by atoms with E-state index in [0.717, 1.165) is 11.1 Å². The SMILES string of the molecule is Cc1ccc(Cc2nnc(NC(=O)/C=C/c3ccc4c(c3)OCO4)o2)cc1C. The van der Waals surface area contributed by atoms with Crippen molar-refractivity contribution in [1.82, 2.24) is 10.2 Å². The highest BCUT2D eigenvalue weighted by Gasteiger charge is 2.13. The Balaban J connectivity index is 1.36. The topological polar surface area (TPSA) is 86.5 Å². The van der Waals surface area contributed by atoms with Crippen molar-refractivity contribution < 1.29 is 18.7 Å². The molecule has 4 rings (SSSR count). The van der Waals surface area contributed by atoms with Gasteiger partial charge in [-0.15, -0.1) is 5.10 Å². The van der Waals surface area contributed by atoms with E-state index in [-0.39, 0.29) is 18.7 Å². The largest absolute Gasteiger partial charge is 0.454 e. The molecule has 0 radical (unpaired) electrons. The first-order valence-corrected chi connectivity index (χ1v) is 8.84. The molecule has 2 heterocycles. The highest BCUT2D eigenvalue weighted by atomic mass is 16.7. The van der Waals surface area contributed by atoms with Gasteiger partial charge in [0.2, 0.25) is 12.7 Å². The van der Waals surface area contributed by atoms with E-state index in [9.17, 15) is 4.79 Å². The van der Waals surface area contributed by atoms with E-state index in [4.69, 9.17) is 13.9 Å². The number of nitrogens with one attached hydrogen (secondary N) is 1. The zero-order valence-corrected chi connectivity index (χ0v) is 15.6. The van der Waals surface area contributed by atoms with Gasteiger partial charge in [0.05, 0.1) is 6.42 Å². The van der Waals surface area contributed by atoms with Gasteiger partial charge >= 0.3 is 6.01 Å². The van der Waals surface area contributed by atoms with Gasteiger partial charge in [-0.2, -0.15) is 0 Å². The molecule has 0 saturated heterocycles. The normalized spacial score (nSPS) is 12.5. The lowest BCUT2D eigenvalue weighted by Gasteiger charge is -2.02. The van der Waals surface area contributed by atoms with Crippen LogP contribution in [-0.2, 0) is 11.2 Å². The summed E-state index contributed by atoms with van der Waals surface area (Å²) in [5.41, 5.74) is 4.34. The summed E-state index contributed by atoms with van der Waals surface area (Å²) in [4.78, 5) is 12.1. The van der Waals surface area contributed by atoms with Gasteiger partial charge in [-0.3, -0.25) is 10.1 Å². The summed E-state index contributed by atoms with van der Waals surface area (Å²) < 4.78 is 16.1. The number of hydrogen-bond donors (Lipinski definition) is 1. The number of amides is 1. The fourth-order valence-electron chi connectivity index (χ4n) is 2.80. The Morgan fingerprint density at radius 3 is 2.79 bits per heavy atom. The van der Waals surface area contributed by atoms with E-state index >= 15 is 0 Å². The lowest BCUT2D eigenvalue weighted by molar-refractivity contribution is -0.112. The highest BCUT2D eigenvalue weighted by molar-refractivity contribution is 6.00. The number of fused-ring (bicyclic) bond motifs is 1. The first-order valence-electron chi connectivity index (χ1n) is 8.84. The zero-order chi connectivity index (χ0) is 19.5. The van der Waals surface area contributed by atoms with Crippen LogP contribution in [-0.4, -0.2) is 22.9 Å². The molecule has 1 amide bonds. The Bertz CT molecular complexity index is 1060. The standard InChI is InChI=1S/C21H19N3O4/c1-13-3-4-16(9-14(13)2)11-20-23-24-21(28-20)22-19(25)8-6-15-5-7-17-18(10-15)27-12-26-17/h3-10H,11-12H2,1-2H3,(H,22,24,25)/b8-6+. The molecular weight excluding hydrogens is 358 g/mol. The van der Waals surface area contributed by atoms with Gasteiger partial charge in [0, 0.05) is 6.08 Å². The van der Waals surface area contributed by atoms with Crippen molar-refractivity contribution in [2.45, 2.75) is 20.3 Å². The minimum Gasteiger partial charge on any atom is -0.454 e. The summed E-state index contributed by atoms with van der Waals surface area (Å²) in [6, 6.07) is 11.7. The van der Waals surface area contributed by atoms with Gasteiger partial charge in [0.1, 0.15) is 0 Å². The third-order valence-electron chi connectivity index (χ3n) is 4.45. The first-order chi connectivity index (χ1) is 13.6. The molecule has 0 unspecified atom stereocenters. The van der Waals surface area contributed by atoms with Crippen molar-refractivity contribution in [3.05, 3.63) is 70.6 Å². The van der Waals surface area contributed by atoms with Gasteiger partial charge < -0.3 is 13.9 Å². The van der Waals surface area contributed by atoms with Crippen LogP contribution in [0, 0.1) is 13.8 Å². The second-order valence-electron chi connectivity index (χ2n) is 6.53. The third kappa shape index (κ3) is 4.03. The van der Waals surface area contributed by atoms with Crippen LogP contribution >= 0.6 is 0 Å². The van der Waals surface area contributed by atoms with E-state index in [1.807, 2.05) is 12.1 Å². The maximum atomic E-state index is 12.1. The molecule has 0 spiro atoms. The second-order valence-corrected chi connectivity index (χ2v) is 6.53. The quantitative estimate of drug-likeness (QED) is 0.683. The lowest BCUT2D eigenvalue weighted by Crippen LogP contribution is -2.07. The van der Waals surface area contributed by atoms with E-state index < -0.39 is 0 Å². The number of ether oxygens (including phenoxy) is 2. The van der Waals surface area contributed by atoms with Crippen LogP contribution in [0.5, 0.6) is 11.5 Å². The first kappa shape index (κ1) is 17.8. The van der Waals surface area contributed by atoms with Gasteiger partial charge in [-0.1, -0.05) is 29.4 Å². The molecule has 0 bridgehead atoms. The number of anilines is 1. The number of benzene rings is 2. The van der Waals surface area contributed by atoms with Gasteiger partial charge in [-0.25, -0.2) is 0 Å². The summed E-state index contributed by atoms with van der Waals surface area (Å²) in [6.45, 7) is 4.34. The molecule has 28 heavy (non-hydrogen) atoms. The van der Waals surface area contributed by atoms with Crippen molar-refractivity contribution in [1.29, 1.82) is 0 Å². The molecule has 7 nitrogen and oxygen atoms in total. The fraction of sp³-hybridized carbons (Fsp3) is 0.190. The molecule has 0 aliphatic carbocycles. The molecule has 1 aromatic heterocycles. The molecule has 2 aromatic carbocycles. The summed E-state index contributed by atoms with van der Waals surface area (Å²) in [5.74, 6) is 1.44. The Kier molecular flexibility index (Phi) is 4.80. The maximum absolute atomic E-state index is 12.1. The molecule has 1 N–H and O–H groups in total. The van der Waals surface area contributed by atoms with Crippen molar-refractivity contribution in [2.24, 2.45) is 0 Å². The van der Waals surface area contributed by atoms with Crippen LogP contribution in [0.25, 0.3) is 6.08 Å². The molecule has 0 fully saturated rings. The summed E-state index contributed by atoms with van der Waals surface area (Å²) in [6.07, 6.45) is 3.57. The number of carbonyl (C=O) groups excluding carboxylic acids is 1. The lowest BCUT2D eigenvalue weighted by atomic mass is 10.0. The van der Waals surface area contributed by atoms with E-state index in [2.05, 4.69) is 41.5 Å². The Morgan fingerprint density at radius 2 is 1.93 bits per heavy atom. The monoisotopic (exact) mass is 377 g/mol. The van der Waals surface area contributed by atoms with Gasteiger partial charge in [-0.05, 0) is 54.3 Å². The molecule has 1 aliphatic heterocycles. The molecule has 0 saturated carbocycles. The number of rotatable bonds is 5. The minimum atomic E-state index is -0.362. The maximum Gasteiger partial charge on any atom is 0.322 e. The van der Waals surface area contributed by atoms with Crippen LogP contribution in [0.2, 0.25) is 0 Å². The van der Waals surface area contributed by atoms with Crippen molar-refractivity contribution in [2.75, 3.05) is 12.1 Å². The summed E-state index contributed by atoms with van der Waals surface area (Å²) in [7, 11) is 0. The van der Waals surface area contributed by atoms with Crippen LogP contribution in [0.3, 0.4) is 0 Å². The molecule has 1 aliphatic rings.